The van der Waals surface area contributed by atoms with Gasteiger partial charge in [-0.25, -0.2) is 4.79 Å². The third-order valence-corrected chi connectivity index (χ3v) is 2.94. The van der Waals surface area contributed by atoms with Crippen molar-refractivity contribution in [1.82, 2.24) is 4.90 Å². The molecule has 2 bridgehead atoms. The Bertz CT molecular complexity index is 267. The molecule has 0 aliphatic carbocycles. The van der Waals surface area contributed by atoms with Crippen LogP contribution in [0.15, 0.2) is 11.4 Å². The van der Waals surface area contributed by atoms with Crippen molar-refractivity contribution in [3.8, 4) is 0 Å². The van der Waals surface area contributed by atoms with E-state index in [0.717, 1.165) is 25.9 Å². The number of piperidine rings is 3. The number of aliphatic carboxylic acids is 1. The van der Waals surface area contributed by atoms with Gasteiger partial charge >= 0.3 is 5.97 Å². The van der Waals surface area contributed by atoms with Gasteiger partial charge in [0.25, 0.3) is 0 Å². The van der Waals surface area contributed by atoms with Gasteiger partial charge in [0.1, 0.15) is 0 Å². The first-order chi connectivity index (χ1) is 6.18. The van der Waals surface area contributed by atoms with Crippen LogP contribution in [0.1, 0.15) is 12.8 Å². The Kier molecular flexibility index (Phi) is 2.07. The van der Waals surface area contributed by atoms with Gasteiger partial charge in [0.2, 0.25) is 5.83 Å². The molecule has 0 aromatic heterocycles. The second-order valence-corrected chi connectivity index (χ2v) is 3.69. The smallest absolute Gasteiger partial charge is 0.364 e. The zero-order valence-electron chi connectivity index (χ0n) is 7.29. The minimum Gasteiger partial charge on any atom is -0.476 e. The predicted octanol–water partition coefficient (Wildman–Crippen LogP) is 1.02. The molecule has 0 aromatic carbocycles. The van der Waals surface area contributed by atoms with Crippen LogP contribution in [-0.2, 0) is 4.79 Å². The first-order valence-corrected chi connectivity index (χ1v) is 4.52. The van der Waals surface area contributed by atoms with E-state index in [2.05, 4.69) is 4.90 Å². The van der Waals surface area contributed by atoms with Gasteiger partial charge in [-0.15, -0.1) is 0 Å². The number of hydrogen-bond acceptors (Lipinski definition) is 2. The Balaban J connectivity index is 2.25. The molecule has 0 atom stereocenters. The van der Waals surface area contributed by atoms with E-state index in [4.69, 9.17) is 5.11 Å². The lowest BCUT2D eigenvalue weighted by Gasteiger charge is -2.40. The van der Waals surface area contributed by atoms with E-state index in [1.165, 1.54) is 0 Å². The van der Waals surface area contributed by atoms with Crippen molar-refractivity contribution in [3.05, 3.63) is 11.4 Å². The van der Waals surface area contributed by atoms with Gasteiger partial charge in [0.15, 0.2) is 0 Å². The van der Waals surface area contributed by atoms with Gasteiger partial charge < -0.3 is 5.11 Å². The molecule has 0 radical (unpaired) electrons. The number of carboxylic acid groups (broad SMARTS) is 1. The fourth-order valence-corrected chi connectivity index (χ4v) is 2.20. The highest BCUT2D eigenvalue weighted by molar-refractivity contribution is 5.85. The number of carboxylic acids is 1. The van der Waals surface area contributed by atoms with E-state index in [0.29, 0.717) is 12.1 Å². The largest absolute Gasteiger partial charge is 0.476 e. The molecule has 3 aliphatic heterocycles. The molecule has 4 heteroatoms. The standard InChI is InChI=1S/C9H12FNO2/c10-8(9(12)13)7-5-11-3-1-6(7)2-4-11/h6H,1-5H2,(H,12,13)/b8-7+. The molecule has 1 N–H and O–H groups in total. The van der Waals surface area contributed by atoms with Crippen molar-refractivity contribution < 1.29 is 14.3 Å². The Morgan fingerprint density at radius 3 is 2.46 bits per heavy atom. The van der Waals surface area contributed by atoms with Crippen LogP contribution in [0, 0.1) is 5.92 Å². The minimum absolute atomic E-state index is 0.182. The fraction of sp³-hybridized carbons (Fsp3) is 0.667. The molecule has 13 heavy (non-hydrogen) atoms. The van der Waals surface area contributed by atoms with E-state index >= 15 is 0 Å². The second kappa shape index (κ2) is 3.10. The van der Waals surface area contributed by atoms with E-state index in [9.17, 15) is 9.18 Å². The van der Waals surface area contributed by atoms with Gasteiger partial charge in [0.05, 0.1) is 0 Å². The topological polar surface area (TPSA) is 40.5 Å². The summed E-state index contributed by atoms with van der Waals surface area (Å²) < 4.78 is 13.1. The molecule has 0 saturated carbocycles. The van der Waals surface area contributed by atoms with E-state index in [1.807, 2.05) is 0 Å². The molecule has 3 rings (SSSR count). The summed E-state index contributed by atoms with van der Waals surface area (Å²) in [6.45, 7) is 2.49. The second-order valence-electron chi connectivity index (χ2n) is 3.69. The van der Waals surface area contributed by atoms with E-state index < -0.39 is 11.8 Å². The van der Waals surface area contributed by atoms with Crippen LogP contribution >= 0.6 is 0 Å². The van der Waals surface area contributed by atoms with Crippen LogP contribution in [0.25, 0.3) is 0 Å². The molecule has 3 heterocycles. The molecular formula is C9H12FNO2. The summed E-state index contributed by atoms with van der Waals surface area (Å²) in [7, 11) is 0. The van der Waals surface area contributed by atoms with Gasteiger partial charge in [-0.1, -0.05) is 0 Å². The van der Waals surface area contributed by atoms with Crippen LogP contribution in [0.2, 0.25) is 0 Å². The normalized spacial score (nSPS) is 36.1. The molecule has 3 saturated heterocycles. The van der Waals surface area contributed by atoms with Crippen molar-refractivity contribution in [3.63, 3.8) is 0 Å². The summed E-state index contributed by atoms with van der Waals surface area (Å²) in [5.41, 5.74) is 0.505. The molecule has 3 nitrogen and oxygen atoms in total. The molecule has 0 amide bonds. The molecule has 3 aliphatic rings. The maximum atomic E-state index is 13.1. The van der Waals surface area contributed by atoms with Crippen molar-refractivity contribution in [2.45, 2.75) is 12.8 Å². The van der Waals surface area contributed by atoms with Crippen molar-refractivity contribution in [2.24, 2.45) is 5.92 Å². The van der Waals surface area contributed by atoms with Crippen LogP contribution in [-0.4, -0.2) is 35.6 Å². The van der Waals surface area contributed by atoms with E-state index in [1.54, 1.807) is 0 Å². The third-order valence-electron chi connectivity index (χ3n) is 2.94. The summed E-state index contributed by atoms with van der Waals surface area (Å²) >= 11 is 0. The highest BCUT2D eigenvalue weighted by Gasteiger charge is 2.33. The molecule has 3 fully saturated rings. The van der Waals surface area contributed by atoms with Crippen LogP contribution < -0.4 is 0 Å². The maximum Gasteiger partial charge on any atom is 0.364 e. The molecule has 0 spiro atoms. The monoisotopic (exact) mass is 185 g/mol. The summed E-state index contributed by atoms with van der Waals surface area (Å²) in [5.74, 6) is -2.15. The van der Waals surface area contributed by atoms with E-state index in [-0.39, 0.29) is 5.92 Å². The van der Waals surface area contributed by atoms with Crippen molar-refractivity contribution >= 4 is 5.97 Å². The van der Waals surface area contributed by atoms with Crippen molar-refractivity contribution in [1.29, 1.82) is 0 Å². The highest BCUT2D eigenvalue weighted by atomic mass is 19.1. The zero-order valence-corrected chi connectivity index (χ0v) is 7.29. The molecular weight excluding hydrogens is 173 g/mol. The lowest BCUT2D eigenvalue weighted by Crippen LogP contribution is -2.43. The number of carbonyl (C=O) groups is 1. The summed E-state index contributed by atoms with van der Waals surface area (Å²) in [5, 5.41) is 8.51. The maximum absolute atomic E-state index is 13.1. The lowest BCUT2D eigenvalue weighted by atomic mass is 9.83. The number of hydrogen-bond donors (Lipinski definition) is 1. The summed E-state index contributed by atoms with van der Waals surface area (Å²) in [6, 6.07) is 0. The predicted molar refractivity (Wildman–Crippen MR) is 44.9 cm³/mol. The lowest BCUT2D eigenvalue weighted by molar-refractivity contribution is -0.134. The molecule has 0 unspecified atom stereocenters. The van der Waals surface area contributed by atoms with Crippen LogP contribution in [0.3, 0.4) is 0 Å². The average Bonchev–Trinajstić information content (AvgIpc) is 2.18. The minimum atomic E-state index is -1.41. The first-order valence-electron chi connectivity index (χ1n) is 4.52. The summed E-state index contributed by atoms with van der Waals surface area (Å²) in [6.07, 6.45) is 1.83. The van der Waals surface area contributed by atoms with Crippen molar-refractivity contribution in [2.75, 3.05) is 19.6 Å². The first kappa shape index (κ1) is 8.69. The Hall–Kier alpha value is -0.900. The SMILES string of the molecule is O=C(O)/C(F)=C1/CN2CCC1CC2. The van der Waals surface area contributed by atoms with Gasteiger partial charge in [-0.2, -0.15) is 4.39 Å². The third kappa shape index (κ3) is 1.46. The van der Waals surface area contributed by atoms with Gasteiger partial charge in [-0.05, 0) is 37.4 Å². The summed E-state index contributed by atoms with van der Waals surface area (Å²) in [4.78, 5) is 12.5. The quantitative estimate of drug-likeness (QED) is 0.620. The molecule has 72 valence electrons. The number of fused-ring (bicyclic) bond motifs is 3. The number of nitrogens with zero attached hydrogens (tertiary/aromatic N) is 1. The Morgan fingerprint density at radius 1 is 1.46 bits per heavy atom. The average molecular weight is 185 g/mol. The van der Waals surface area contributed by atoms with Gasteiger partial charge in [-0.3, -0.25) is 4.90 Å². The Morgan fingerprint density at radius 2 is 2.08 bits per heavy atom. The van der Waals surface area contributed by atoms with Crippen LogP contribution in [0.4, 0.5) is 4.39 Å². The van der Waals surface area contributed by atoms with Gasteiger partial charge in [0, 0.05) is 6.54 Å². The Labute approximate surface area is 75.8 Å². The molecule has 0 aromatic rings. The zero-order chi connectivity index (χ0) is 9.42. The number of rotatable bonds is 1. The fourth-order valence-electron chi connectivity index (χ4n) is 2.20. The van der Waals surface area contributed by atoms with Crippen LogP contribution in [0.5, 0.6) is 0 Å². The number of halogens is 1. The highest BCUT2D eigenvalue weighted by Crippen LogP contribution is 2.33.